The van der Waals surface area contributed by atoms with E-state index in [-0.39, 0.29) is 12.5 Å². The number of carbonyl (C=O) groups is 1. The number of aliphatic hydroxyl groups excluding tert-OH is 1. The Bertz CT molecular complexity index is 530. The largest absolute Gasteiger partial charge is 0.384 e. The van der Waals surface area contributed by atoms with E-state index in [1.165, 1.54) is 17.8 Å². The molecular weight excluding hydrogens is 270 g/mol. The molecule has 3 nitrogen and oxygen atoms in total. The maximum absolute atomic E-state index is 12.6. The number of hydrogen-bond acceptors (Lipinski definition) is 3. The van der Waals surface area contributed by atoms with Gasteiger partial charge in [0, 0.05) is 18.7 Å². The van der Waals surface area contributed by atoms with Gasteiger partial charge in [0.25, 0.3) is 5.91 Å². The predicted molar refractivity (Wildman–Crippen MR) is 81.8 cm³/mol. The Hall–Kier alpha value is -1.31. The van der Waals surface area contributed by atoms with Crippen molar-refractivity contribution < 1.29 is 9.90 Å². The highest BCUT2D eigenvalue weighted by atomic mass is 32.1. The number of rotatable bonds is 2. The minimum atomic E-state index is -0.179. The van der Waals surface area contributed by atoms with Crippen molar-refractivity contribution in [3.8, 4) is 11.8 Å². The first-order chi connectivity index (χ1) is 9.59. The molecule has 0 aliphatic carbocycles. The van der Waals surface area contributed by atoms with Gasteiger partial charge in [-0.3, -0.25) is 4.79 Å². The summed E-state index contributed by atoms with van der Waals surface area (Å²) in [5.74, 6) is 5.55. The summed E-state index contributed by atoms with van der Waals surface area (Å²) in [7, 11) is 0. The van der Waals surface area contributed by atoms with Gasteiger partial charge in [-0.25, -0.2) is 0 Å². The fraction of sp³-hybridized carbons (Fsp3) is 0.562. The van der Waals surface area contributed by atoms with E-state index < -0.39 is 0 Å². The molecule has 1 amide bonds. The quantitative estimate of drug-likeness (QED) is 0.851. The van der Waals surface area contributed by atoms with Crippen molar-refractivity contribution in [3.05, 3.63) is 21.9 Å². The number of aliphatic hydroxyl groups is 1. The number of nitrogens with zero attached hydrogens (tertiary/aromatic N) is 1. The van der Waals surface area contributed by atoms with Crippen molar-refractivity contribution in [3.63, 3.8) is 0 Å². The van der Waals surface area contributed by atoms with E-state index >= 15 is 0 Å². The molecule has 4 heteroatoms. The van der Waals surface area contributed by atoms with Crippen LogP contribution >= 0.6 is 11.3 Å². The molecular formula is C16H21NO2S. The fourth-order valence-corrected chi connectivity index (χ4v) is 3.27. The molecule has 1 aliphatic rings. The van der Waals surface area contributed by atoms with Crippen molar-refractivity contribution in [2.75, 3.05) is 19.7 Å². The molecule has 20 heavy (non-hydrogen) atoms. The lowest BCUT2D eigenvalue weighted by molar-refractivity contribution is 0.0605. The van der Waals surface area contributed by atoms with Crippen LogP contribution < -0.4 is 0 Å². The number of likely N-dealkylation sites (tertiary alicyclic amines) is 1. The van der Waals surface area contributed by atoms with Crippen molar-refractivity contribution in [1.82, 2.24) is 4.90 Å². The second-order valence-corrected chi connectivity index (χ2v) is 6.50. The Labute approximate surface area is 124 Å². The van der Waals surface area contributed by atoms with Crippen LogP contribution in [0.15, 0.2) is 11.4 Å². The van der Waals surface area contributed by atoms with Crippen LogP contribution in [0, 0.1) is 17.3 Å². The monoisotopic (exact) mass is 291 g/mol. The molecule has 0 radical (unpaired) electrons. The summed E-state index contributed by atoms with van der Waals surface area (Å²) < 4.78 is 0. The van der Waals surface area contributed by atoms with E-state index in [4.69, 9.17) is 5.11 Å². The summed E-state index contributed by atoms with van der Waals surface area (Å²) in [6, 6.07) is 1.85. The van der Waals surface area contributed by atoms with Gasteiger partial charge in [-0.2, -0.15) is 0 Å². The van der Waals surface area contributed by atoms with Crippen LogP contribution in [-0.2, 0) is 0 Å². The van der Waals surface area contributed by atoms with Gasteiger partial charge in [0.15, 0.2) is 0 Å². The average molecular weight is 291 g/mol. The number of hydrogen-bond donors (Lipinski definition) is 1. The smallest absolute Gasteiger partial charge is 0.265 e. The molecule has 1 N–H and O–H groups in total. The number of amides is 1. The van der Waals surface area contributed by atoms with Gasteiger partial charge in [0.05, 0.1) is 0 Å². The first-order valence-electron chi connectivity index (χ1n) is 7.06. The lowest BCUT2D eigenvalue weighted by atomic mass is 9.78. The van der Waals surface area contributed by atoms with Crippen LogP contribution in [0.4, 0.5) is 0 Å². The van der Waals surface area contributed by atoms with Gasteiger partial charge in [-0.05, 0) is 29.7 Å². The minimum absolute atomic E-state index is 0.0837. The lowest BCUT2D eigenvalue weighted by Gasteiger charge is -2.38. The third-order valence-corrected chi connectivity index (χ3v) is 5.18. The molecule has 1 aromatic heterocycles. The van der Waals surface area contributed by atoms with Crippen LogP contribution in [0.3, 0.4) is 0 Å². The first kappa shape index (κ1) is 15.1. The zero-order valence-electron chi connectivity index (χ0n) is 12.1. The van der Waals surface area contributed by atoms with E-state index in [1.807, 2.05) is 16.3 Å². The van der Waals surface area contributed by atoms with E-state index in [2.05, 4.69) is 25.7 Å². The van der Waals surface area contributed by atoms with E-state index in [0.29, 0.717) is 10.3 Å². The van der Waals surface area contributed by atoms with Gasteiger partial charge >= 0.3 is 0 Å². The first-order valence-corrected chi connectivity index (χ1v) is 7.94. The summed E-state index contributed by atoms with van der Waals surface area (Å²) in [6.07, 6.45) is 3.30. The zero-order chi connectivity index (χ0) is 14.6. The summed E-state index contributed by atoms with van der Waals surface area (Å²) in [6.45, 7) is 6.00. The molecule has 1 saturated heterocycles. The normalized spacial score (nSPS) is 17.4. The Morgan fingerprint density at radius 3 is 2.80 bits per heavy atom. The molecule has 0 unspecified atom stereocenters. The van der Waals surface area contributed by atoms with Crippen LogP contribution in [0.1, 0.15) is 48.3 Å². The van der Waals surface area contributed by atoms with Gasteiger partial charge in [-0.1, -0.05) is 32.1 Å². The highest BCUT2D eigenvalue weighted by Gasteiger charge is 2.31. The second kappa shape index (κ2) is 6.43. The molecule has 2 rings (SSSR count). The Morgan fingerprint density at radius 1 is 1.50 bits per heavy atom. The molecule has 1 aliphatic heterocycles. The molecule has 1 aromatic rings. The van der Waals surface area contributed by atoms with E-state index in [1.54, 1.807) is 0 Å². The summed E-state index contributed by atoms with van der Waals surface area (Å²) >= 11 is 1.43. The molecule has 2 heterocycles. The highest BCUT2D eigenvalue weighted by Crippen LogP contribution is 2.34. The molecule has 0 atom stereocenters. The van der Waals surface area contributed by atoms with Crippen molar-refractivity contribution in [2.24, 2.45) is 5.41 Å². The third-order valence-electron chi connectivity index (χ3n) is 4.27. The number of carbonyl (C=O) groups excluding carboxylic acids is 1. The predicted octanol–water partition coefficient (Wildman–Crippen LogP) is 2.74. The second-order valence-electron chi connectivity index (χ2n) is 5.58. The molecule has 0 bridgehead atoms. The highest BCUT2D eigenvalue weighted by molar-refractivity contribution is 7.12. The number of piperidine rings is 1. The summed E-state index contributed by atoms with van der Waals surface area (Å²) in [5.41, 5.74) is 1.11. The molecule has 0 saturated carbocycles. The van der Waals surface area contributed by atoms with Crippen LogP contribution in [0.25, 0.3) is 0 Å². The van der Waals surface area contributed by atoms with E-state index in [9.17, 15) is 4.79 Å². The van der Waals surface area contributed by atoms with Crippen LogP contribution in [0.5, 0.6) is 0 Å². The third kappa shape index (κ3) is 3.23. The molecule has 1 fully saturated rings. The van der Waals surface area contributed by atoms with Gasteiger partial charge < -0.3 is 10.0 Å². The standard InChI is InChI=1S/C16H21NO2S/c1-3-16(2)7-9-17(10-8-16)15(19)14-13(5-4-11-18)6-12-20-14/h6,12,18H,3,7-11H2,1-2H3. The Balaban J connectivity index is 2.08. The van der Waals surface area contributed by atoms with Crippen molar-refractivity contribution >= 4 is 17.2 Å². The summed E-state index contributed by atoms with van der Waals surface area (Å²) in [4.78, 5) is 15.2. The fourth-order valence-electron chi connectivity index (χ4n) is 2.45. The zero-order valence-corrected chi connectivity index (χ0v) is 12.9. The average Bonchev–Trinajstić information content (AvgIpc) is 2.93. The molecule has 0 spiro atoms. The SMILES string of the molecule is CCC1(C)CCN(C(=O)c2sccc2C#CCO)CC1. The minimum Gasteiger partial charge on any atom is -0.384 e. The van der Waals surface area contributed by atoms with E-state index in [0.717, 1.165) is 31.5 Å². The van der Waals surface area contributed by atoms with Crippen LogP contribution in [0.2, 0.25) is 0 Å². The lowest BCUT2D eigenvalue weighted by Crippen LogP contribution is -2.41. The maximum atomic E-state index is 12.6. The number of thiophene rings is 1. The van der Waals surface area contributed by atoms with Gasteiger partial charge in [0.1, 0.15) is 11.5 Å². The molecule has 108 valence electrons. The van der Waals surface area contributed by atoms with Crippen LogP contribution in [-0.4, -0.2) is 35.6 Å². The Kier molecular flexibility index (Phi) is 4.85. The van der Waals surface area contributed by atoms with Gasteiger partial charge in [0.2, 0.25) is 0 Å². The van der Waals surface area contributed by atoms with Gasteiger partial charge in [-0.15, -0.1) is 11.3 Å². The Morgan fingerprint density at radius 2 is 2.20 bits per heavy atom. The molecule has 0 aromatic carbocycles. The van der Waals surface area contributed by atoms with Crippen molar-refractivity contribution in [1.29, 1.82) is 0 Å². The maximum Gasteiger partial charge on any atom is 0.265 e. The topological polar surface area (TPSA) is 40.5 Å². The summed E-state index contributed by atoms with van der Waals surface area (Å²) in [5, 5.41) is 10.6. The van der Waals surface area contributed by atoms with Crippen molar-refractivity contribution in [2.45, 2.75) is 33.1 Å².